The molecule has 0 aliphatic carbocycles. The molecule has 0 spiro atoms. The quantitative estimate of drug-likeness (QED) is 0.745. The summed E-state index contributed by atoms with van der Waals surface area (Å²) in [6.45, 7) is 0.217. The van der Waals surface area contributed by atoms with E-state index in [-0.39, 0.29) is 18.5 Å². The van der Waals surface area contributed by atoms with Gasteiger partial charge in [0.2, 0.25) is 6.79 Å². The fourth-order valence-corrected chi connectivity index (χ4v) is 2.46. The first kappa shape index (κ1) is 15.9. The molecule has 0 atom stereocenters. The Hall–Kier alpha value is -3.61. The third-order valence-electron chi connectivity index (χ3n) is 3.77. The summed E-state index contributed by atoms with van der Waals surface area (Å²) in [5.41, 5.74) is 1.70. The second kappa shape index (κ2) is 6.72. The van der Waals surface area contributed by atoms with Crippen LogP contribution in [0, 0.1) is 5.82 Å². The number of nitrogens with zero attached hydrogens (tertiary/aromatic N) is 1. The zero-order valence-corrected chi connectivity index (χ0v) is 13.5. The van der Waals surface area contributed by atoms with Gasteiger partial charge in [-0.25, -0.2) is 9.37 Å². The van der Waals surface area contributed by atoms with Crippen LogP contribution in [-0.4, -0.2) is 17.7 Å². The number of ether oxygens (including phenoxy) is 2. The first-order valence-corrected chi connectivity index (χ1v) is 7.87. The molecule has 1 aliphatic heterocycles. The van der Waals surface area contributed by atoms with Gasteiger partial charge in [-0.2, -0.15) is 0 Å². The molecule has 4 rings (SSSR count). The first-order chi connectivity index (χ1) is 12.7. The van der Waals surface area contributed by atoms with Crippen LogP contribution in [0.2, 0.25) is 0 Å². The standard InChI is InChI=1S/C19H14FN3O3/c20-13-2-4-14(5-3-13)23-19(24)12-1-8-18(21-10-12)22-15-6-7-16-17(9-15)26-11-25-16/h1-10H,11H2,(H,21,22)(H,23,24). The molecule has 0 unspecified atom stereocenters. The number of rotatable bonds is 4. The lowest BCUT2D eigenvalue weighted by atomic mass is 10.2. The topological polar surface area (TPSA) is 72.5 Å². The number of nitrogens with one attached hydrogen (secondary N) is 2. The molecule has 7 heteroatoms. The highest BCUT2D eigenvalue weighted by molar-refractivity contribution is 6.04. The molecule has 0 radical (unpaired) electrons. The first-order valence-electron chi connectivity index (χ1n) is 7.87. The summed E-state index contributed by atoms with van der Waals surface area (Å²) in [6.07, 6.45) is 1.47. The molecule has 1 amide bonds. The number of amides is 1. The van der Waals surface area contributed by atoms with E-state index in [1.54, 1.807) is 12.1 Å². The molecule has 26 heavy (non-hydrogen) atoms. The Kier molecular flexibility index (Phi) is 4.10. The Bertz CT molecular complexity index is 943. The summed E-state index contributed by atoms with van der Waals surface area (Å²) in [5, 5.41) is 5.82. The van der Waals surface area contributed by atoms with E-state index >= 15 is 0 Å². The Morgan fingerprint density at radius 2 is 1.73 bits per heavy atom. The van der Waals surface area contributed by atoms with Crippen LogP contribution in [0.15, 0.2) is 60.8 Å². The fourth-order valence-electron chi connectivity index (χ4n) is 2.46. The average Bonchev–Trinajstić information content (AvgIpc) is 3.12. The summed E-state index contributed by atoms with van der Waals surface area (Å²) in [7, 11) is 0. The number of carbonyl (C=O) groups is 1. The average molecular weight is 351 g/mol. The van der Waals surface area contributed by atoms with E-state index in [1.165, 1.54) is 30.5 Å². The Morgan fingerprint density at radius 1 is 0.962 bits per heavy atom. The van der Waals surface area contributed by atoms with E-state index in [1.807, 2.05) is 18.2 Å². The molecule has 1 aliphatic rings. The Labute approximate surface area is 148 Å². The minimum atomic E-state index is -0.358. The van der Waals surface area contributed by atoms with Crippen LogP contribution < -0.4 is 20.1 Å². The smallest absolute Gasteiger partial charge is 0.257 e. The van der Waals surface area contributed by atoms with Crippen molar-refractivity contribution in [3.05, 3.63) is 72.2 Å². The maximum absolute atomic E-state index is 12.9. The van der Waals surface area contributed by atoms with Crippen molar-refractivity contribution in [3.63, 3.8) is 0 Å². The molecule has 0 fully saturated rings. The van der Waals surface area contributed by atoms with Crippen LogP contribution in [0.25, 0.3) is 0 Å². The van der Waals surface area contributed by atoms with Crippen LogP contribution >= 0.6 is 0 Å². The highest BCUT2D eigenvalue weighted by Gasteiger charge is 2.13. The number of anilines is 3. The van der Waals surface area contributed by atoms with E-state index in [0.29, 0.717) is 28.6 Å². The van der Waals surface area contributed by atoms with Crippen LogP contribution in [0.1, 0.15) is 10.4 Å². The molecule has 0 saturated carbocycles. The van der Waals surface area contributed by atoms with Gasteiger partial charge in [0.15, 0.2) is 11.5 Å². The van der Waals surface area contributed by atoms with Crippen molar-refractivity contribution < 1.29 is 18.7 Å². The summed E-state index contributed by atoms with van der Waals surface area (Å²) in [4.78, 5) is 16.4. The minimum absolute atomic E-state index is 0.217. The number of carbonyl (C=O) groups excluding carboxylic acids is 1. The lowest BCUT2D eigenvalue weighted by Crippen LogP contribution is -2.12. The third kappa shape index (κ3) is 3.41. The van der Waals surface area contributed by atoms with Gasteiger partial charge in [0.05, 0.1) is 5.56 Å². The van der Waals surface area contributed by atoms with Crippen molar-refractivity contribution in [1.82, 2.24) is 4.98 Å². The number of pyridine rings is 1. The van der Waals surface area contributed by atoms with Gasteiger partial charge in [-0.15, -0.1) is 0 Å². The van der Waals surface area contributed by atoms with E-state index in [2.05, 4.69) is 15.6 Å². The molecule has 6 nitrogen and oxygen atoms in total. The monoisotopic (exact) mass is 351 g/mol. The van der Waals surface area contributed by atoms with Gasteiger partial charge in [-0.05, 0) is 48.5 Å². The van der Waals surface area contributed by atoms with E-state index < -0.39 is 0 Å². The molecule has 0 saturated heterocycles. The van der Waals surface area contributed by atoms with Gasteiger partial charge in [0.25, 0.3) is 5.91 Å². The highest BCUT2D eigenvalue weighted by atomic mass is 19.1. The zero-order valence-electron chi connectivity index (χ0n) is 13.5. The molecule has 2 N–H and O–H groups in total. The zero-order chi connectivity index (χ0) is 17.9. The van der Waals surface area contributed by atoms with Gasteiger partial charge < -0.3 is 20.1 Å². The molecule has 130 valence electrons. The number of hydrogen-bond donors (Lipinski definition) is 2. The number of benzene rings is 2. The summed E-state index contributed by atoms with van der Waals surface area (Å²) in [5.74, 6) is 1.28. The molecule has 1 aromatic heterocycles. The van der Waals surface area contributed by atoms with Gasteiger partial charge >= 0.3 is 0 Å². The molecule has 3 aromatic rings. The van der Waals surface area contributed by atoms with Gasteiger partial charge in [0, 0.05) is 23.6 Å². The SMILES string of the molecule is O=C(Nc1ccc(F)cc1)c1ccc(Nc2ccc3c(c2)OCO3)nc1. The number of aromatic nitrogens is 1. The van der Waals surface area contributed by atoms with E-state index in [9.17, 15) is 9.18 Å². The predicted molar refractivity (Wildman–Crippen MR) is 94.4 cm³/mol. The molecule has 0 bridgehead atoms. The second-order valence-electron chi connectivity index (χ2n) is 5.59. The minimum Gasteiger partial charge on any atom is -0.454 e. The van der Waals surface area contributed by atoms with Crippen LogP contribution in [-0.2, 0) is 0 Å². The van der Waals surface area contributed by atoms with Gasteiger partial charge in [-0.3, -0.25) is 4.79 Å². The number of hydrogen-bond acceptors (Lipinski definition) is 5. The maximum atomic E-state index is 12.9. The Balaban J connectivity index is 1.43. The van der Waals surface area contributed by atoms with Crippen molar-refractivity contribution in [3.8, 4) is 11.5 Å². The van der Waals surface area contributed by atoms with Crippen molar-refractivity contribution in [2.45, 2.75) is 0 Å². The van der Waals surface area contributed by atoms with Crippen molar-refractivity contribution >= 4 is 23.1 Å². The largest absolute Gasteiger partial charge is 0.454 e. The molecule has 2 heterocycles. The Morgan fingerprint density at radius 3 is 2.50 bits per heavy atom. The predicted octanol–water partition coefficient (Wildman–Crippen LogP) is 3.95. The highest BCUT2D eigenvalue weighted by Crippen LogP contribution is 2.34. The van der Waals surface area contributed by atoms with Gasteiger partial charge in [0.1, 0.15) is 11.6 Å². The lowest BCUT2D eigenvalue weighted by Gasteiger charge is -2.08. The lowest BCUT2D eigenvalue weighted by molar-refractivity contribution is 0.102. The van der Waals surface area contributed by atoms with Crippen molar-refractivity contribution in [2.75, 3.05) is 17.4 Å². The van der Waals surface area contributed by atoms with E-state index in [0.717, 1.165) is 5.69 Å². The van der Waals surface area contributed by atoms with Crippen LogP contribution in [0.4, 0.5) is 21.6 Å². The number of halogens is 1. The van der Waals surface area contributed by atoms with Crippen molar-refractivity contribution in [2.24, 2.45) is 0 Å². The molecular formula is C19H14FN3O3. The van der Waals surface area contributed by atoms with Gasteiger partial charge in [-0.1, -0.05) is 0 Å². The molecular weight excluding hydrogens is 337 g/mol. The van der Waals surface area contributed by atoms with Crippen LogP contribution in [0.3, 0.4) is 0 Å². The summed E-state index contributed by atoms with van der Waals surface area (Å²) in [6, 6.07) is 14.4. The summed E-state index contributed by atoms with van der Waals surface area (Å²) >= 11 is 0. The number of fused-ring (bicyclic) bond motifs is 1. The second-order valence-corrected chi connectivity index (χ2v) is 5.59. The fraction of sp³-hybridized carbons (Fsp3) is 0.0526. The summed E-state index contributed by atoms with van der Waals surface area (Å²) < 4.78 is 23.5. The third-order valence-corrected chi connectivity index (χ3v) is 3.77. The molecule has 2 aromatic carbocycles. The van der Waals surface area contributed by atoms with Crippen LogP contribution in [0.5, 0.6) is 11.5 Å². The van der Waals surface area contributed by atoms with E-state index in [4.69, 9.17) is 9.47 Å². The van der Waals surface area contributed by atoms with Crippen molar-refractivity contribution in [1.29, 1.82) is 0 Å². The normalized spacial score (nSPS) is 11.9. The maximum Gasteiger partial charge on any atom is 0.257 e.